The summed E-state index contributed by atoms with van der Waals surface area (Å²) in [6, 6.07) is 2.13. The maximum absolute atomic E-state index is 13.5. The van der Waals surface area contributed by atoms with Crippen molar-refractivity contribution in [1.82, 2.24) is 9.55 Å². The molecule has 0 fully saturated rings. The quantitative estimate of drug-likeness (QED) is 0.926. The highest BCUT2D eigenvalue weighted by Gasteiger charge is 2.16. The predicted molar refractivity (Wildman–Crippen MR) is 65.2 cm³/mol. The van der Waals surface area contributed by atoms with Crippen LogP contribution in [0.15, 0.2) is 29.1 Å². The molecule has 1 heterocycles. The number of carbonyl (C=O) groups excluding carboxylic acids is 1. The Morgan fingerprint density at radius 3 is 2.50 bits per heavy atom. The number of benzene rings is 1. The third kappa shape index (κ3) is 2.56. The van der Waals surface area contributed by atoms with Crippen LogP contribution < -0.4 is 5.32 Å². The topological polar surface area (TPSA) is 46.9 Å². The van der Waals surface area contributed by atoms with Crippen molar-refractivity contribution < 1.29 is 13.6 Å². The lowest BCUT2D eigenvalue weighted by Crippen LogP contribution is -2.14. The summed E-state index contributed by atoms with van der Waals surface area (Å²) in [5, 5.41) is 2.15. The molecule has 2 aromatic rings. The molecule has 0 atom stereocenters. The molecule has 2 rings (SSSR count). The normalized spacial score (nSPS) is 10.4. The minimum atomic E-state index is -0.855. The van der Waals surface area contributed by atoms with Crippen molar-refractivity contribution in [1.29, 1.82) is 0 Å². The number of aromatic nitrogens is 2. The second-order valence-electron chi connectivity index (χ2n) is 3.62. The Morgan fingerprint density at radius 2 is 2.00 bits per heavy atom. The van der Waals surface area contributed by atoms with Gasteiger partial charge < -0.3 is 9.88 Å². The van der Waals surface area contributed by atoms with Crippen LogP contribution in [0.1, 0.15) is 10.5 Å². The van der Waals surface area contributed by atoms with Crippen molar-refractivity contribution in [2.24, 2.45) is 7.05 Å². The van der Waals surface area contributed by atoms with E-state index in [9.17, 15) is 13.6 Å². The number of nitrogens with one attached hydrogen (secondary N) is 1. The van der Waals surface area contributed by atoms with E-state index < -0.39 is 23.2 Å². The van der Waals surface area contributed by atoms with Crippen LogP contribution in [0.3, 0.4) is 0 Å². The summed E-state index contributed by atoms with van der Waals surface area (Å²) < 4.78 is 28.8. The molecule has 18 heavy (non-hydrogen) atoms. The van der Waals surface area contributed by atoms with Gasteiger partial charge in [0.15, 0.2) is 11.6 Å². The molecule has 94 valence electrons. The highest BCUT2D eigenvalue weighted by molar-refractivity contribution is 9.10. The number of halogens is 3. The number of nitrogens with zero attached hydrogens (tertiary/aromatic N) is 2. The minimum absolute atomic E-state index is 0.0826. The van der Waals surface area contributed by atoms with Gasteiger partial charge in [0.1, 0.15) is 11.4 Å². The molecule has 1 aromatic heterocycles. The lowest BCUT2D eigenvalue weighted by molar-refractivity contribution is 0.102. The number of hydrogen-bond donors (Lipinski definition) is 1. The second-order valence-corrected chi connectivity index (χ2v) is 4.54. The third-order valence-electron chi connectivity index (χ3n) is 2.18. The number of hydrogen-bond acceptors (Lipinski definition) is 2. The first-order valence-corrected chi connectivity index (χ1v) is 5.70. The van der Waals surface area contributed by atoms with Gasteiger partial charge in [0.25, 0.3) is 5.91 Å². The van der Waals surface area contributed by atoms with Crippen LogP contribution in [0, 0.1) is 11.6 Å². The molecule has 4 nitrogen and oxygen atoms in total. The van der Waals surface area contributed by atoms with Crippen LogP contribution in [-0.2, 0) is 7.05 Å². The van der Waals surface area contributed by atoms with Gasteiger partial charge in [-0.1, -0.05) is 15.9 Å². The lowest BCUT2D eigenvalue weighted by Gasteiger charge is -2.06. The van der Waals surface area contributed by atoms with Crippen LogP contribution in [0.5, 0.6) is 0 Å². The van der Waals surface area contributed by atoms with E-state index in [1.165, 1.54) is 12.5 Å². The van der Waals surface area contributed by atoms with E-state index >= 15 is 0 Å². The Hall–Kier alpha value is -1.76. The maximum atomic E-state index is 13.5. The zero-order valence-corrected chi connectivity index (χ0v) is 10.8. The number of rotatable bonds is 2. The van der Waals surface area contributed by atoms with E-state index in [4.69, 9.17) is 0 Å². The SMILES string of the molecule is Cn1cnc(C(=O)Nc2c(F)cc(Br)cc2F)c1. The van der Waals surface area contributed by atoms with Crippen LogP contribution in [0.2, 0.25) is 0 Å². The summed E-state index contributed by atoms with van der Waals surface area (Å²) in [4.78, 5) is 15.5. The van der Waals surface area contributed by atoms with E-state index in [1.54, 1.807) is 11.6 Å². The molecular formula is C11H8BrF2N3O. The van der Waals surface area contributed by atoms with Gasteiger partial charge in [-0.25, -0.2) is 13.8 Å². The molecule has 0 radical (unpaired) electrons. The third-order valence-corrected chi connectivity index (χ3v) is 2.64. The Kier molecular flexibility index (Phi) is 3.42. The Balaban J connectivity index is 2.27. The molecule has 1 amide bonds. The van der Waals surface area contributed by atoms with Crippen LogP contribution in [0.4, 0.5) is 14.5 Å². The number of imidazole rings is 1. The van der Waals surface area contributed by atoms with Crippen molar-refractivity contribution >= 4 is 27.5 Å². The molecular weight excluding hydrogens is 308 g/mol. The van der Waals surface area contributed by atoms with Crippen molar-refractivity contribution in [2.45, 2.75) is 0 Å². The monoisotopic (exact) mass is 315 g/mol. The molecule has 0 aliphatic rings. The molecule has 0 saturated carbocycles. The first-order chi connectivity index (χ1) is 8.47. The van der Waals surface area contributed by atoms with E-state index in [2.05, 4.69) is 26.2 Å². The fraction of sp³-hybridized carbons (Fsp3) is 0.0909. The van der Waals surface area contributed by atoms with E-state index in [0.717, 1.165) is 12.1 Å². The van der Waals surface area contributed by atoms with Crippen molar-refractivity contribution in [3.63, 3.8) is 0 Å². The average molecular weight is 316 g/mol. The fourth-order valence-corrected chi connectivity index (χ4v) is 1.77. The van der Waals surface area contributed by atoms with Gasteiger partial charge >= 0.3 is 0 Å². The molecule has 0 spiro atoms. The molecule has 0 unspecified atom stereocenters. The summed E-state index contributed by atoms with van der Waals surface area (Å²) in [6.45, 7) is 0. The summed E-state index contributed by atoms with van der Waals surface area (Å²) in [5.74, 6) is -2.38. The standard InChI is InChI=1S/C11H8BrF2N3O/c1-17-4-9(15-5-17)11(18)16-10-7(13)2-6(12)3-8(10)14/h2-5H,1H3,(H,16,18). The Bertz CT molecular complexity index is 589. The predicted octanol–water partition coefficient (Wildman–Crippen LogP) is 2.71. The summed E-state index contributed by atoms with van der Waals surface area (Å²) in [6.07, 6.45) is 2.87. The zero-order chi connectivity index (χ0) is 13.3. The highest BCUT2D eigenvalue weighted by Crippen LogP contribution is 2.24. The molecule has 0 saturated heterocycles. The van der Waals surface area contributed by atoms with Crippen molar-refractivity contribution in [2.75, 3.05) is 5.32 Å². The molecule has 0 bridgehead atoms. The van der Waals surface area contributed by atoms with Gasteiger partial charge in [0, 0.05) is 17.7 Å². The molecule has 1 N–H and O–H groups in total. The van der Waals surface area contributed by atoms with E-state index in [1.807, 2.05) is 0 Å². The Morgan fingerprint density at radius 1 is 1.39 bits per heavy atom. The Labute approximate surface area is 110 Å². The van der Waals surface area contributed by atoms with Crippen LogP contribution in [-0.4, -0.2) is 15.5 Å². The maximum Gasteiger partial charge on any atom is 0.276 e. The van der Waals surface area contributed by atoms with E-state index in [0.29, 0.717) is 0 Å². The second kappa shape index (κ2) is 4.85. The van der Waals surface area contributed by atoms with Gasteiger partial charge in [-0.2, -0.15) is 0 Å². The molecule has 1 aromatic carbocycles. The van der Waals surface area contributed by atoms with Gasteiger partial charge in [-0.3, -0.25) is 4.79 Å². The fourth-order valence-electron chi connectivity index (χ4n) is 1.37. The number of anilines is 1. The summed E-state index contributed by atoms with van der Waals surface area (Å²) in [5.41, 5.74) is -0.409. The first-order valence-electron chi connectivity index (χ1n) is 4.91. The number of carbonyl (C=O) groups is 1. The van der Waals surface area contributed by atoms with Gasteiger partial charge in [0.2, 0.25) is 0 Å². The van der Waals surface area contributed by atoms with E-state index in [-0.39, 0.29) is 10.2 Å². The van der Waals surface area contributed by atoms with Crippen molar-refractivity contribution in [3.05, 3.63) is 46.5 Å². The average Bonchev–Trinajstić information content (AvgIpc) is 2.70. The van der Waals surface area contributed by atoms with Crippen LogP contribution >= 0.6 is 15.9 Å². The van der Waals surface area contributed by atoms with Gasteiger partial charge in [0.05, 0.1) is 6.33 Å². The first kappa shape index (κ1) is 12.7. The lowest BCUT2D eigenvalue weighted by atomic mass is 10.3. The molecule has 7 heteroatoms. The van der Waals surface area contributed by atoms with Gasteiger partial charge in [-0.05, 0) is 12.1 Å². The highest BCUT2D eigenvalue weighted by atomic mass is 79.9. The summed E-state index contributed by atoms with van der Waals surface area (Å²) in [7, 11) is 1.69. The minimum Gasteiger partial charge on any atom is -0.340 e. The van der Waals surface area contributed by atoms with Gasteiger partial charge in [-0.15, -0.1) is 0 Å². The molecule has 0 aliphatic heterocycles. The number of aryl methyl sites for hydroxylation is 1. The number of amides is 1. The van der Waals surface area contributed by atoms with Crippen molar-refractivity contribution in [3.8, 4) is 0 Å². The van der Waals surface area contributed by atoms with Crippen LogP contribution in [0.25, 0.3) is 0 Å². The smallest absolute Gasteiger partial charge is 0.276 e. The largest absolute Gasteiger partial charge is 0.340 e. The molecule has 0 aliphatic carbocycles. The zero-order valence-electron chi connectivity index (χ0n) is 9.25. The summed E-state index contributed by atoms with van der Waals surface area (Å²) >= 11 is 2.95.